The summed E-state index contributed by atoms with van der Waals surface area (Å²) in [7, 11) is -11.0. The van der Waals surface area contributed by atoms with Crippen LogP contribution in [0.4, 0.5) is 16.8 Å². The first-order valence-corrected chi connectivity index (χ1v) is 15.8. The molecule has 0 spiro atoms. The molecule has 178 valence electrons. The molecule has 0 aromatic heterocycles. The van der Waals surface area contributed by atoms with E-state index in [2.05, 4.69) is 0 Å². The van der Waals surface area contributed by atoms with E-state index in [1.165, 1.54) is 48.5 Å². The first-order valence-electron chi connectivity index (χ1n) is 11.3. The molecule has 0 heterocycles. The summed E-state index contributed by atoms with van der Waals surface area (Å²) in [6, 6.07) is 31.4. The summed E-state index contributed by atoms with van der Waals surface area (Å²) in [4.78, 5) is 0. The molecule has 0 unspecified atom stereocenters. The minimum absolute atomic E-state index is 0.00352. The second kappa shape index (κ2) is 9.25. The third-order valence-corrected chi connectivity index (χ3v) is 13.9. The fourth-order valence-corrected chi connectivity index (χ4v) is 10.7. The normalized spacial score (nSPS) is 14.5. The van der Waals surface area contributed by atoms with Gasteiger partial charge in [-0.1, -0.05) is 0 Å². The zero-order chi connectivity index (χ0) is 24.2. The van der Waals surface area contributed by atoms with E-state index in [-0.39, 0.29) is 34.1 Å². The molecule has 34 heavy (non-hydrogen) atoms. The van der Waals surface area contributed by atoms with Gasteiger partial charge in [0, 0.05) is 0 Å². The fourth-order valence-electron chi connectivity index (χ4n) is 4.48. The quantitative estimate of drug-likeness (QED) is 0.125. The Morgan fingerprint density at radius 1 is 0.353 bits per heavy atom. The number of halogens is 4. The molecule has 6 heteroatoms. The Labute approximate surface area is 199 Å². The number of hydrogen-bond donors (Lipinski definition) is 0. The van der Waals surface area contributed by atoms with E-state index in [0.717, 1.165) is 0 Å². The molecule has 0 aliphatic rings. The Hall–Kier alpha value is -2.54. The molecule has 0 atom stereocenters. The fraction of sp³-hybridized carbons (Fsp3) is 0.143. The van der Waals surface area contributed by atoms with Crippen LogP contribution in [0.15, 0.2) is 121 Å². The van der Waals surface area contributed by atoms with E-state index >= 15 is 16.8 Å². The maximum atomic E-state index is 16.6. The van der Waals surface area contributed by atoms with Crippen LogP contribution in [0, 0.1) is 0 Å². The summed E-state index contributed by atoms with van der Waals surface area (Å²) in [5.74, 6) is 0. The molecular formula is C28H28F4P2. The molecule has 0 saturated carbocycles. The van der Waals surface area contributed by atoms with Gasteiger partial charge in [0.05, 0.1) is 0 Å². The molecule has 0 bridgehead atoms. The summed E-state index contributed by atoms with van der Waals surface area (Å²) in [6.07, 6.45) is -0.814. The Morgan fingerprint density at radius 3 is 0.765 bits per heavy atom. The van der Waals surface area contributed by atoms with Gasteiger partial charge in [0.15, 0.2) is 0 Å². The van der Waals surface area contributed by atoms with Crippen LogP contribution in [0.5, 0.6) is 0 Å². The van der Waals surface area contributed by atoms with Crippen molar-refractivity contribution >= 4 is 35.7 Å². The SMILES string of the molecule is FP(F)(CCCCP(F)(F)(c1ccccc1)c1ccccc1)(c1ccccc1)c1ccccc1. The van der Waals surface area contributed by atoms with Crippen LogP contribution >= 0.6 is 14.4 Å². The molecule has 4 aromatic carbocycles. The Morgan fingerprint density at radius 2 is 0.559 bits per heavy atom. The monoisotopic (exact) mass is 502 g/mol. The van der Waals surface area contributed by atoms with Crippen LogP contribution < -0.4 is 21.2 Å². The standard InChI is InChI=1S/C28H28F4P2/c29-33(30,25-15-5-1-6-16-25,26-17-7-2-8-18-26)23-13-14-24-34(31,32,27-19-9-3-10-20-27)28-21-11-4-12-22-28/h1-12,15-22H,13-14,23-24H2. The van der Waals surface area contributed by atoms with Crippen molar-refractivity contribution in [1.82, 2.24) is 0 Å². The van der Waals surface area contributed by atoms with Crippen LogP contribution in [0.1, 0.15) is 12.8 Å². The number of unbranched alkanes of at least 4 members (excludes halogenated alkanes) is 1. The van der Waals surface area contributed by atoms with E-state index < -0.39 is 26.8 Å². The van der Waals surface area contributed by atoms with Gasteiger partial charge in [0.1, 0.15) is 0 Å². The van der Waals surface area contributed by atoms with E-state index in [1.807, 2.05) is 0 Å². The Balaban J connectivity index is 1.63. The molecule has 4 aromatic rings. The molecule has 0 aliphatic carbocycles. The average Bonchev–Trinajstić information content (AvgIpc) is 2.89. The zero-order valence-corrected chi connectivity index (χ0v) is 20.6. The van der Waals surface area contributed by atoms with Gasteiger partial charge < -0.3 is 0 Å². The van der Waals surface area contributed by atoms with Crippen molar-refractivity contribution in [2.75, 3.05) is 12.3 Å². The third-order valence-electron chi connectivity index (χ3n) is 6.40. The van der Waals surface area contributed by atoms with Crippen LogP contribution in [0.3, 0.4) is 0 Å². The van der Waals surface area contributed by atoms with Crippen LogP contribution in [-0.4, -0.2) is 12.3 Å². The molecule has 0 fully saturated rings. The summed E-state index contributed by atoms with van der Waals surface area (Å²) >= 11 is 0. The van der Waals surface area contributed by atoms with Crippen molar-refractivity contribution in [2.45, 2.75) is 12.8 Å². The summed E-state index contributed by atoms with van der Waals surface area (Å²) in [6.45, 7) is 0. The van der Waals surface area contributed by atoms with Crippen molar-refractivity contribution in [2.24, 2.45) is 0 Å². The summed E-state index contributed by atoms with van der Waals surface area (Å²) in [5.41, 5.74) is 0. The van der Waals surface area contributed by atoms with Gasteiger partial charge in [-0.25, -0.2) is 0 Å². The van der Waals surface area contributed by atoms with Crippen molar-refractivity contribution in [3.63, 3.8) is 0 Å². The molecule has 0 N–H and O–H groups in total. The third kappa shape index (κ3) is 4.54. The van der Waals surface area contributed by atoms with Crippen molar-refractivity contribution in [3.05, 3.63) is 121 Å². The topological polar surface area (TPSA) is 0 Å². The van der Waals surface area contributed by atoms with Gasteiger partial charge >= 0.3 is 199 Å². The Bertz CT molecular complexity index is 1030. The second-order valence-corrected chi connectivity index (χ2v) is 15.9. The van der Waals surface area contributed by atoms with Crippen LogP contribution in [0.25, 0.3) is 0 Å². The predicted octanol–water partition coefficient (Wildman–Crippen LogP) is 7.71. The zero-order valence-electron chi connectivity index (χ0n) is 18.8. The first kappa shape index (κ1) is 24.6. The minimum atomic E-state index is -5.51. The Kier molecular flexibility index (Phi) is 6.69. The van der Waals surface area contributed by atoms with Gasteiger partial charge in [0.2, 0.25) is 0 Å². The van der Waals surface area contributed by atoms with Gasteiger partial charge in [-0.2, -0.15) is 0 Å². The van der Waals surface area contributed by atoms with Crippen LogP contribution in [-0.2, 0) is 0 Å². The van der Waals surface area contributed by atoms with E-state index in [9.17, 15) is 0 Å². The van der Waals surface area contributed by atoms with Gasteiger partial charge in [-0.3, -0.25) is 0 Å². The summed E-state index contributed by atoms with van der Waals surface area (Å²) in [5, 5.41) is 0.0141. The molecule has 0 amide bonds. The number of hydrogen-bond acceptors (Lipinski definition) is 0. The van der Waals surface area contributed by atoms with Crippen molar-refractivity contribution < 1.29 is 16.8 Å². The van der Waals surface area contributed by atoms with E-state index in [1.54, 1.807) is 72.8 Å². The van der Waals surface area contributed by atoms with Crippen molar-refractivity contribution in [3.8, 4) is 0 Å². The van der Waals surface area contributed by atoms with E-state index in [4.69, 9.17) is 0 Å². The number of benzene rings is 4. The predicted molar refractivity (Wildman–Crippen MR) is 142 cm³/mol. The number of rotatable bonds is 9. The molecule has 0 saturated heterocycles. The first-order chi connectivity index (χ1) is 16.2. The van der Waals surface area contributed by atoms with Gasteiger partial charge in [-0.15, -0.1) is 0 Å². The molecule has 4 rings (SSSR count). The molecule has 0 nitrogen and oxygen atoms in total. The molecule has 0 aliphatic heterocycles. The van der Waals surface area contributed by atoms with Gasteiger partial charge in [0.25, 0.3) is 0 Å². The maximum absolute atomic E-state index is 16.6. The van der Waals surface area contributed by atoms with Crippen LogP contribution in [0.2, 0.25) is 0 Å². The molecular weight excluding hydrogens is 474 g/mol. The second-order valence-electron chi connectivity index (χ2n) is 8.63. The summed E-state index contributed by atoms with van der Waals surface area (Å²) < 4.78 is 66.4. The molecule has 0 radical (unpaired) electrons. The van der Waals surface area contributed by atoms with Gasteiger partial charge in [-0.05, 0) is 0 Å². The average molecular weight is 502 g/mol. The van der Waals surface area contributed by atoms with Crippen molar-refractivity contribution in [1.29, 1.82) is 0 Å². The van der Waals surface area contributed by atoms with E-state index in [0.29, 0.717) is 0 Å².